The van der Waals surface area contributed by atoms with E-state index < -0.39 is 0 Å². The highest BCUT2D eigenvalue weighted by Crippen LogP contribution is 2.64. The highest BCUT2D eigenvalue weighted by atomic mass is 16.2. The molecule has 0 spiro atoms. The number of hydrogen-bond acceptors (Lipinski definition) is 2. The zero-order valence-electron chi connectivity index (χ0n) is 18.6. The van der Waals surface area contributed by atoms with Crippen LogP contribution in [0.1, 0.15) is 17.5 Å². The van der Waals surface area contributed by atoms with Gasteiger partial charge in [-0.2, -0.15) is 0 Å². The maximum absolute atomic E-state index is 13.9. The number of allylic oxidation sites excluding steroid dienone is 2. The monoisotopic (exact) mass is 441 g/mol. The van der Waals surface area contributed by atoms with Gasteiger partial charge in [0.2, 0.25) is 11.8 Å². The van der Waals surface area contributed by atoms with Gasteiger partial charge in [0.05, 0.1) is 17.5 Å². The molecule has 0 aromatic heterocycles. The lowest BCUT2D eigenvalue weighted by atomic mass is 9.73. The van der Waals surface area contributed by atoms with Crippen molar-refractivity contribution in [1.82, 2.24) is 0 Å². The van der Waals surface area contributed by atoms with Crippen LogP contribution in [0, 0.1) is 23.7 Å². The molecule has 7 rings (SSSR count). The number of fused-ring (bicyclic) bond motifs is 6. The van der Waals surface area contributed by atoms with E-state index in [0.29, 0.717) is 5.69 Å². The van der Waals surface area contributed by atoms with Gasteiger partial charge in [0.1, 0.15) is 0 Å². The predicted octanol–water partition coefficient (Wildman–Crippen LogP) is 6.21. The van der Waals surface area contributed by atoms with Crippen LogP contribution in [0.15, 0.2) is 103 Å². The van der Waals surface area contributed by atoms with Crippen molar-refractivity contribution in [2.45, 2.75) is 6.42 Å². The number of anilines is 1. The molecule has 1 aliphatic heterocycles. The van der Waals surface area contributed by atoms with Crippen molar-refractivity contribution in [3.05, 3.63) is 114 Å². The normalized spacial score (nSPS) is 25.5. The van der Waals surface area contributed by atoms with E-state index in [0.717, 1.165) is 28.3 Å². The Balaban J connectivity index is 1.39. The fourth-order valence-electron chi connectivity index (χ4n) is 6.74. The largest absolute Gasteiger partial charge is 0.274 e. The summed E-state index contributed by atoms with van der Waals surface area (Å²) in [7, 11) is 0. The minimum atomic E-state index is -0.292. The summed E-state index contributed by atoms with van der Waals surface area (Å²) in [6, 6.07) is 34.6. The van der Waals surface area contributed by atoms with Crippen molar-refractivity contribution in [2.75, 3.05) is 4.90 Å². The zero-order chi connectivity index (χ0) is 22.8. The van der Waals surface area contributed by atoms with Gasteiger partial charge in [-0.25, -0.2) is 4.90 Å². The molecule has 164 valence electrons. The molecule has 2 aliphatic carbocycles. The number of imide groups is 1. The number of amides is 2. The third kappa shape index (κ3) is 2.58. The summed E-state index contributed by atoms with van der Waals surface area (Å²) in [4.78, 5) is 29.4. The Labute approximate surface area is 198 Å². The van der Waals surface area contributed by atoms with Crippen LogP contribution < -0.4 is 4.90 Å². The van der Waals surface area contributed by atoms with Crippen molar-refractivity contribution < 1.29 is 9.59 Å². The first kappa shape index (κ1) is 19.5. The minimum absolute atomic E-state index is 0.0422. The van der Waals surface area contributed by atoms with Crippen LogP contribution in [0.4, 0.5) is 5.69 Å². The first-order valence-electron chi connectivity index (χ1n) is 11.9. The summed E-state index contributed by atoms with van der Waals surface area (Å²) in [5.74, 6) is -0.551. The summed E-state index contributed by atoms with van der Waals surface area (Å²) < 4.78 is 0. The molecule has 3 nitrogen and oxygen atoms in total. The molecule has 34 heavy (non-hydrogen) atoms. The number of nitrogens with zero attached hydrogens (tertiary/aromatic N) is 1. The van der Waals surface area contributed by atoms with Crippen molar-refractivity contribution in [3.63, 3.8) is 0 Å². The first-order chi connectivity index (χ1) is 16.7. The van der Waals surface area contributed by atoms with Gasteiger partial charge in [-0.15, -0.1) is 0 Å². The summed E-state index contributed by atoms with van der Waals surface area (Å²) in [6.45, 7) is 0. The Bertz CT molecular complexity index is 1410. The van der Waals surface area contributed by atoms with Crippen molar-refractivity contribution >= 4 is 39.4 Å². The molecular weight excluding hydrogens is 418 g/mol. The quantitative estimate of drug-likeness (QED) is 0.355. The van der Waals surface area contributed by atoms with Crippen molar-refractivity contribution in [2.24, 2.45) is 23.7 Å². The molecule has 4 aromatic rings. The van der Waals surface area contributed by atoms with Gasteiger partial charge in [-0.3, -0.25) is 9.59 Å². The van der Waals surface area contributed by atoms with Crippen LogP contribution in [-0.4, -0.2) is 11.8 Å². The average molecular weight is 442 g/mol. The summed E-state index contributed by atoms with van der Waals surface area (Å²) in [5, 5.41) is 1.98. The second-order valence-electron chi connectivity index (χ2n) is 9.57. The average Bonchev–Trinajstić information content (AvgIpc) is 3.54. The molecule has 3 aliphatic rings. The summed E-state index contributed by atoms with van der Waals surface area (Å²) >= 11 is 0. The summed E-state index contributed by atoms with van der Waals surface area (Å²) in [6.07, 6.45) is 0.866. The maximum Gasteiger partial charge on any atom is 0.238 e. The molecule has 1 heterocycles. The second-order valence-corrected chi connectivity index (χ2v) is 9.57. The molecule has 0 radical (unpaired) electrons. The lowest BCUT2D eigenvalue weighted by Gasteiger charge is -2.27. The number of carbonyl (C=O) groups excluding carboxylic acids is 2. The van der Waals surface area contributed by atoms with E-state index in [1.54, 1.807) is 0 Å². The number of rotatable bonds is 3. The molecular formula is C31H23NO2. The van der Waals surface area contributed by atoms with Crippen LogP contribution in [0.25, 0.3) is 21.9 Å². The van der Waals surface area contributed by atoms with Gasteiger partial charge in [-0.1, -0.05) is 97.1 Å². The van der Waals surface area contributed by atoms with E-state index in [1.165, 1.54) is 16.0 Å². The van der Waals surface area contributed by atoms with Gasteiger partial charge in [0.25, 0.3) is 0 Å². The standard InChI is InChI=1S/C31H23NO2/c33-30-28-23-18-24(27(21-13-5-2-6-14-21)26(23)20-11-3-1-4-12-20)29(28)31(34)32(30)25-17-9-15-19-10-7-8-16-22(19)25/h1-17,23-24,28-29H,18H2/t23-,24-,28-,29+/m0/s1. The molecule has 2 fully saturated rings. The Morgan fingerprint density at radius 2 is 1.06 bits per heavy atom. The SMILES string of the molecule is O=C1[C@@H]2[C@H](C(=O)N1c1cccc3ccccc13)[C@H]1C[C@H]2C(c2ccccc2)=C1c1ccccc1. The lowest BCUT2D eigenvalue weighted by Crippen LogP contribution is -2.33. The Kier molecular flexibility index (Phi) is 4.16. The fourth-order valence-corrected chi connectivity index (χ4v) is 6.74. The molecule has 4 atom stereocenters. The van der Waals surface area contributed by atoms with E-state index in [1.807, 2.05) is 54.6 Å². The molecule has 1 saturated heterocycles. The molecule has 2 amide bonds. The smallest absolute Gasteiger partial charge is 0.238 e. The van der Waals surface area contributed by atoms with Gasteiger partial charge >= 0.3 is 0 Å². The molecule has 4 aromatic carbocycles. The third-order valence-electron chi connectivity index (χ3n) is 7.98. The van der Waals surface area contributed by atoms with E-state index in [-0.39, 0.29) is 35.5 Å². The number of hydrogen-bond donors (Lipinski definition) is 0. The van der Waals surface area contributed by atoms with Crippen LogP contribution in [0.2, 0.25) is 0 Å². The van der Waals surface area contributed by atoms with Crippen LogP contribution in [0.5, 0.6) is 0 Å². The zero-order valence-corrected chi connectivity index (χ0v) is 18.6. The minimum Gasteiger partial charge on any atom is -0.274 e. The first-order valence-corrected chi connectivity index (χ1v) is 11.9. The lowest BCUT2D eigenvalue weighted by molar-refractivity contribution is -0.123. The molecule has 0 N–H and O–H groups in total. The molecule has 0 unspecified atom stereocenters. The van der Waals surface area contributed by atoms with Gasteiger partial charge in [-0.05, 0) is 52.0 Å². The number of carbonyl (C=O) groups is 2. The Morgan fingerprint density at radius 3 is 1.65 bits per heavy atom. The molecule has 3 heteroatoms. The Hall–Kier alpha value is -3.98. The van der Waals surface area contributed by atoms with Crippen LogP contribution in [0.3, 0.4) is 0 Å². The third-order valence-corrected chi connectivity index (χ3v) is 7.98. The van der Waals surface area contributed by atoms with E-state index >= 15 is 0 Å². The highest BCUT2D eigenvalue weighted by molar-refractivity contribution is 6.27. The van der Waals surface area contributed by atoms with Crippen molar-refractivity contribution in [3.8, 4) is 0 Å². The van der Waals surface area contributed by atoms with E-state index in [9.17, 15) is 9.59 Å². The van der Waals surface area contributed by atoms with E-state index in [4.69, 9.17) is 0 Å². The Morgan fingerprint density at radius 1 is 0.559 bits per heavy atom. The van der Waals surface area contributed by atoms with Gasteiger partial charge in [0.15, 0.2) is 0 Å². The highest BCUT2D eigenvalue weighted by Gasteiger charge is 2.64. The van der Waals surface area contributed by atoms with Crippen LogP contribution >= 0.6 is 0 Å². The topological polar surface area (TPSA) is 37.4 Å². The molecule has 1 saturated carbocycles. The van der Waals surface area contributed by atoms with Gasteiger partial charge < -0.3 is 0 Å². The molecule has 2 bridgehead atoms. The van der Waals surface area contributed by atoms with Gasteiger partial charge in [0, 0.05) is 5.39 Å². The predicted molar refractivity (Wildman–Crippen MR) is 135 cm³/mol. The summed E-state index contributed by atoms with van der Waals surface area (Å²) in [5.41, 5.74) is 5.54. The maximum atomic E-state index is 13.9. The number of benzene rings is 4. The van der Waals surface area contributed by atoms with Crippen molar-refractivity contribution in [1.29, 1.82) is 0 Å². The van der Waals surface area contributed by atoms with E-state index in [2.05, 4.69) is 48.5 Å². The van der Waals surface area contributed by atoms with Crippen LogP contribution in [-0.2, 0) is 9.59 Å². The second kappa shape index (κ2) is 7.26. The fraction of sp³-hybridized carbons (Fsp3) is 0.161.